The van der Waals surface area contributed by atoms with Gasteiger partial charge in [0.05, 0.1) is 0 Å². The Balaban J connectivity index is 1.70. The van der Waals surface area contributed by atoms with E-state index in [0.717, 1.165) is 18.5 Å². The Bertz CT molecular complexity index is 224. The molecule has 1 aromatic heterocycles. The fraction of sp³-hybridized carbons (Fsp3) is 0.600. The Labute approximate surface area is 77.8 Å². The molecular formula is C10H15NS. The molecule has 1 aromatic rings. The zero-order valence-electron chi connectivity index (χ0n) is 7.42. The summed E-state index contributed by atoms with van der Waals surface area (Å²) in [5.41, 5.74) is 1.43. The van der Waals surface area contributed by atoms with Crippen LogP contribution >= 0.6 is 11.3 Å². The molecule has 1 aliphatic rings. The number of thiophene rings is 1. The third-order valence-corrected chi connectivity index (χ3v) is 3.28. The van der Waals surface area contributed by atoms with Crippen molar-refractivity contribution in [2.75, 3.05) is 0 Å². The molecule has 0 aliphatic heterocycles. The summed E-state index contributed by atoms with van der Waals surface area (Å²) >= 11 is 1.78. The minimum Gasteiger partial charge on any atom is -0.310 e. The molecule has 1 nitrogen and oxygen atoms in total. The van der Waals surface area contributed by atoms with Gasteiger partial charge in [-0.25, -0.2) is 0 Å². The zero-order chi connectivity index (χ0) is 8.39. The summed E-state index contributed by atoms with van der Waals surface area (Å²) in [4.78, 5) is 0. The normalized spacial score (nSPS) is 28.4. The Morgan fingerprint density at radius 3 is 3.00 bits per heavy atom. The molecule has 0 radical (unpaired) electrons. The molecule has 66 valence electrons. The van der Waals surface area contributed by atoms with Crippen LogP contribution in [0.4, 0.5) is 0 Å². The van der Waals surface area contributed by atoms with Crippen molar-refractivity contribution in [1.29, 1.82) is 0 Å². The van der Waals surface area contributed by atoms with Crippen molar-refractivity contribution in [3.8, 4) is 0 Å². The Morgan fingerprint density at radius 2 is 2.42 bits per heavy atom. The molecule has 0 saturated heterocycles. The van der Waals surface area contributed by atoms with E-state index in [9.17, 15) is 0 Å². The van der Waals surface area contributed by atoms with Gasteiger partial charge in [-0.3, -0.25) is 0 Å². The topological polar surface area (TPSA) is 12.0 Å². The second-order valence-electron chi connectivity index (χ2n) is 3.79. The maximum atomic E-state index is 3.56. The molecule has 0 amide bonds. The molecule has 1 saturated carbocycles. The molecule has 1 heterocycles. The van der Waals surface area contributed by atoms with Gasteiger partial charge in [0, 0.05) is 12.6 Å². The standard InChI is InChI=1S/C10H15NS/c1-8-4-10(5-8)11-6-9-2-3-12-7-9/h2-3,7-8,10-11H,4-6H2,1H3. The highest BCUT2D eigenvalue weighted by Crippen LogP contribution is 2.26. The number of rotatable bonds is 3. The van der Waals surface area contributed by atoms with Gasteiger partial charge in [0.25, 0.3) is 0 Å². The lowest BCUT2D eigenvalue weighted by molar-refractivity contribution is 0.240. The van der Waals surface area contributed by atoms with Gasteiger partial charge in [0.1, 0.15) is 0 Å². The summed E-state index contributed by atoms with van der Waals surface area (Å²) in [7, 11) is 0. The molecule has 0 aromatic carbocycles. The fourth-order valence-electron chi connectivity index (χ4n) is 1.72. The Morgan fingerprint density at radius 1 is 1.58 bits per heavy atom. The summed E-state index contributed by atoms with van der Waals surface area (Å²) in [5.74, 6) is 0.949. The highest BCUT2D eigenvalue weighted by atomic mass is 32.1. The minimum absolute atomic E-state index is 0.792. The van der Waals surface area contributed by atoms with Gasteiger partial charge in [0.15, 0.2) is 0 Å². The summed E-state index contributed by atoms with van der Waals surface area (Å²) in [6.07, 6.45) is 2.73. The predicted octanol–water partition coefficient (Wildman–Crippen LogP) is 2.64. The van der Waals surface area contributed by atoms with Crippen LogP contribution in [0, 0.1) is 5.92 Å². The number of hydrogen-bond acceptors (Lipinski definition) is 2. The van der Waals surface area contributed by atoms with Crippen molar-refractivity contribution in [1.82, 2.24) is 5.32 Å². The highest BCUT2D eigenvalue weighted by molar-refractivity contribution is 7.07. The lowest BCUT2D eigenvalue weighted by Gasteiger charge is -2.33. The van der Waals surface area contributed by atoms with Crippen molar-refractivity contribution in [3.05, 3.63) is 22.4 Å². The highest BCUT2D eigenvalue weighted by Gasteiger charge is 2.24. The Kier molecular flexibility index (Phi) is 2.47. The maximum Gasteiger partial charge on any atom is 0.0216 e. The van der Waals surface area contributed by atoms with E-state index in [1.54, 1.807) is 11.3 Å². The van der Waals surface area contributed by atoms with Gasteiger partial charge in [-0.1, -0.05) is 6.92 Å². The first-order valence-corrected chi connectivity index (χ1v) is 5.53. The molecular weight excluding hydrogens is 166 g/mol. The first-order chi connectivity index (χ1) is 5.84. The first kappa shape index (κ1) is 8.27. The first-order valence-electron chi connectivity index (χ1n) is 4.59. The Hall–Kier alpha value is -0.340. The molecule has 0 atom stereocenters. The summed E-state index contributed by atoms with van der Waals surface area (Å²) in [5, 5.41) is 7.92. The molecule has 1 fully saturated rings. The van der Waals surface area contributed by atoms with E-state index in [-0.39, 0.29) is 0 Å². The zero-order valence-corrected chi connectivity index (χ0v) is 8.23. The van der Waals surface area contributed by atoms with E-state index < -0.39 is 0 Å². The second kappa shape index (κ2) is 3.58. The molecule has 1 N–H and O–H groups in total. The van der Waals surface area contributed by atoms with Crippen LogP contribution in [-0.2, 0) is 6.54 Å². The van der Waals surface area contributed by atoms with Gasteiger partial charge in [-0.2, -0.15) is 11.3 Å². The third kappa shape index (κ3) is 1.87. The lowest BCUT2D eigenvalue weighted by atomic mass is 9.82. The van der Waals surface area contributed by atoms with Crippen LogP contribution in [0.25, 0.3) is 0 Å². The van der Waals surface area contributed by atoms with E-state index in [2.05, 4.69) is 29.1 Å². The molecule has 12 heavy (non-hydrogen) atoms. The van der Waals surface area contributed by atoms with Crippen molar-refractivity contribution < 1.29 is 0 Å². The molecule has 2 heteroatoms. The molecule has 1 aliphatic carbocycles. The molecule has 0 unspecified atom stereocenters. The summed E-state index contributed by atoms with van der Waals surface area (Å²) in [6.45, 7) is 3.38. The van der Waals surface area contributed by atoms with E-state index in [0.29, 0.717) is 0 Å². The molecule has 0 bridgehead atoms. The summed E-state index contributed by atoms with van der Waals surface area (Å²) in [6, 6.07) is 2.99. The van der Waals surface area contributed by atoms with Gasteiger partial charge in [-0.15, -0.1) is 0 Å². The molecule has 2 rings (SSSR count). The van der Waals surface area contributed by atoms with Gasteiger partial charge < -0.3 is 5.32 Å². The lowest BCUT2D eigenvalue weighted by Crippen LogP contribution is -2.39. The SMILES string of the molecule is CC1CC(NCc2ccsc2)C1. The summed E-state index contributed by atoms with van der Waals surface area (Å²) < 4.78 is 0. The largest absolute Gasteiger partial charge is 0.310 e. The number of nitrogens with one attached hydrogen (secondary N) is 1. The number of hydrogen-bond donors (Lipinski definition) is 1. The van der Waals surface area contributed by atoms with E-state index in [4.69, 9.17) is 0 Å². The second-order valence-corrected chi connectivity index (χ2v) is 4.57. The van der Waals surface area contributed by atoms with Crippen LogP contribution in [0.15, 0.2) is 16.8 Å². The third-order valence-electron chi connectivity index (χ3n) is 2.55. The van der Waals surface area contributed by atoms with Crippen LogP contribution in [0.2, 0.25) is 0 Å². The quantitative estimate of drug-likeness (QED) is 0.756. The van der Waals surface area contributed by atoms with E-state index >= 15 is 0 Å². The monoisotopic (exact) mass is 181 g/mol. The van der Waals surface area contributed by atoms with E-state index in [1.165, 1.54) is 18.4 Å². The minimum atomic E-state index is 0.792. The van der Waals surface area contributed by atoms with Crippen LogP contribution < -0.4 is 5.32 Å². The average Bonchev–Trinajstić information content (AvgIpc) is 2.47. The smallest absolute Gasteiger partial charge is 0.0216 e. The predicted molar refractivity (Wildman–Crippen MR) is 53.3 cm³/mol. The van der Waals surface area contributed by atoms with E-state index in [1.807, 2.05) is 0 Å². The fourth-order valence-corrected chi connectivity index (χ4v) is 2.39. The van der Waals surface area contributed by atoms with Crippen molar-refractivity contribution in [2.45, 2.75) is 32.4 Å². The molecule has 0 spiro atoms. The van der Waals surface area contributed by atoms with Crippen molar-refractivity contribution in [3.63, 3.8) is 0 Å². The van der Waals surface area contributed by atoms with Crippen LogP contribution in [-0.4, -0.2) is 6.04 Å². The van der Waals surface area contributed by atoms with Crippen LogP contribution in [0.5, 0.6) is 0 Å². The maximum absolute atomic E-state index is 3.56. The van der Waals surface area contributed by atoms with Gasteiger partial charge in [-0.05, 0) is 41.1 Å². The van der Waals surface area contributed by atoms with Gasteiger partial charge in [0.2, 0.25) is 0 Å². The van der Waals surface area contributed by atoms with Gasteiger partial charge >= 0.3 is 0 Å². The van der Waals surface area contributed by atoms with Crippen LogP contribution in [0.1, 0.15) is 25.3 Å². The van der Waals surface area contributed by atoms with Crippen molar-refractivity contribution >= 4 is 11.3 Å². The average molecular weight is 181 g/mol. The van der Waals surface area contributed by atoms with Crippen molar-refractivity contribution in [2.24, 2.45) is 5.92 Å². The van der Waals surface area contributed by atoms with Crippen LogP contribution in [0.3, 0.4) is 0 Å².